The molecule has 3 amide bonds. The van der Waals surface area contributed by atoms with Gasteiger partial charge in [0.25, 0.3) is 17.7 Å². The average Bonchev–Trinajstić information content (AvgIpc) is 2.87. The van der Waals surface area contributed by atoms with Crippen LogP contribution in [0.15, 0.2) is 0 Å². The summed E-state index contributed by atoms with van der Waals surface area (Å²) in [5.41, 5.74) is 0. The topological polar surface area (TPSA) is 87.3 Å². The van der Waals surface area contributed by atoms with E-state index in [1.165, 1.54) is 19.3 Å². The third-order valence-corrected chi connectivity index (χ3v) is 11.7. The number of hydrogen-bond acceptors (Lipinski definition) is 3. The number of carbonyl (C=O) groups is 3. The Labute approximate surface area is 270 Å². The van der Waals surface area contributed by atoms with Crippen molar-refractivity contribution in [1.29, 1.82) is 0 Å². The quantitative estimate of drug-likeness (QED) is 0.229. The van der Waals surface area contributed by atoms with Crippen molar-refractivity contribution in [2.24, 2.45) is 53.3 Å². The van der Waals surface area contributed by atoms with E-state index in [4.69, 9.17) is 0 Å². The van der Waals surface area contributed by atoms with E-state index in [0.29, 0.717) is 53.3 Å². The number of amides is 3. The van der Waals surface area contributed by atoms with Crippen LogP contribution in [-0.4, -0.2) is 67.0 Å². The molecule has 3 fully saturated rings. The van der Waals surface area contributed by atoms with E-state index in [2.05, 4.69) is 78.3 Å². The van der Waals surface area contributed by atoms with Crippen LogP contribution in [-0.2, 0) is 14.4 Å². The highest BCUT2D eigenvalue weighted by Gasteiger charge is 2.39. The zero-order valence-corrected chi connectivity index (χ0v) is 30.1. The molecule has 9 atom stereocenters. The number of likely N-dealkylation sites (N-methyl/N-ethyl adjacent to an activating group) is 1. The first kappa shape index (κ1) is 36.8. The van der Waals surface area contributed by atoms with Crippen LogP contribution in [0.25, 0.3) is 0 Å². The van der Waals surface area contributed by atoms with Gasteiger partial charge in [0, 0.05) is 18.1 Å². The predicted molar refractivity (Wildman–Crippen MR) is 181 cm³/mol. The molecule has 3 rings (SSSR count). The van der Waals surface area contributed by atoms with Crippen molar-refractivity contribution in [1.82, 2.24) is 16.0 Å². The minimum absolute atomic E-state index is 0.0458. The Morgan fingerprint density at radius 1 is 0.523 bits per heavy atom. The molecule has 0 aromatic carbocycles. The molecule has 0 aliphatic heterocycles. The van der Waals surface area contributed by atoms with Crippen molar-refractivity contribution in [3.8, 4) is 0 Å². The Balaban J connectivity index is 1.75. The molecular formula is C37H69N4O3+. The molecule has 0 unspecified atom stereocenters. The zero-order chi connectivity index (χ0) is 32.8. The highest BCUT2D eigenvalue weighted by Crippen LogP contribution is 2.35. The molecule has 3 N–H and O–H groups in total. The molecule has 0 saturated heterocycles. The normalized spacial score (nSPS) is 33.3. The van der Waals surface area contributed by atoms with Crippen LogP contribution < -0.4 is 16.0 Å². The number of nitrogens with one attached hydrogen (secondary N) is 3. The van der Waals surface area contributed by atoms with Gasteiger partial charge in [0.1, 0.15) is 0 Å². The van der Waals surface area contributed by atoms with Gasteiger partial charge in [0.15, 0.2) is 19.6 Å². The first-order valence-corrected chi connectivity index (χ1v) is 18.3. The molecule has 0 heterocycles. The molecular weight excluding hydrogens is 548 g/mol. The minimum atomic E-state index is -0.0458. The van der Waals surface area contributed by atoms with Gasteiger partial charge in [-0.25, -0.2) is 0 Å². The van der Waals surface area contributed by atoms with E-state index < -0.39 is 0 Å². The van der Waals surface area contributed by atoms with E-state index in [0.717, 1.165) is 38.5 Å². The smallest absolute Gasteiger partial charge is 0.275 e. The molecule has 3 saturated carbocycles. The van der Waals surface area contributed by atoms with Gasteiger partial charge in [0.05, 0.1) is 7.05 Å². The standard InChI is InChI=1S/C37H68N4O3/c1-23(2)29-14-11-26(7)17-32(29)38-35(42)20-41(10,21-36(43)39-33-18-27(8)12-15-30(33)24(3)4)22-37(44)40-34-19-28(9)13-16-31(34)25(5)6/h23-34H,11-22H2,1-10H3,(H2-,38,39,40,42,43,44)/p+1/t26-,27-,28-,29+,30+,31+,32-,33-,34-/m1/s1. The van der Waals surface area contributed by atoms with Crippen LogP contribution in [0.3, 0.4) is 0 Å². The summed E-state index contributed by atoms with van der Waals surface area (Å²) < 4.78 is 0.0847. The molecule has 7 nitrogen and oxygen atoms in total. The number of quaternary nitrogens is 1. The lowest BCUT2D eigenvalue weighted by molar-refractivity contribution is -0.886. The Morgan fingerprint density at radius 2 is 0.773 bits per heavy atom. The third-order valence-electron chi connectivity index (χ3n) is 11.7. The maximum absolute atomic E-state index is 13.7. The van der Waals surface area contributed by atoms with Gasteiger partial charge >= 0.3 is 0 Å². The van der Waals surface area contributed by atoms with Gasteiger partial charge < -0.3 is 20.4 Å². The van der Waals surface area contributed by atoms with Gasteiger partial charge in [-0.3, -0.25) is 14.4 Å². The summed E-state index contributed by atoms with van der Waals surface area (Å²) in [5, 5.41) is 10.1. The molecule has 7 heteroatoms. The number of hydrogen-bond donors (Lipinski definition) is 3. The van der Waals surface area contributed by atoms with Crippen LogP contribution in [0.1, 0.15) is 120 Å². The molecule has 44 heavy (non-hydrogen) atoms. The second kappa shape index (κ2) is 16.3. The number of carbonyl (C=O) groups excluding carboxylic acids is 3. The van der Waals surface area contributed by atoms with Crippen molar-refractivity contribution < 1.29 is 18.9 Å². The fourth-order valence-corrected chi connectivity index (χ4v) is 9.07. The lowest BCUT2D eigenvalue weighted by atomic mass is 9.74. The molecule has 3 aliphatic carbocycles. The monoisotopic (exact) mass is 618 g/mol. The number of rotatable bonds is 12. The second-order valence-electron chi connectivity index (χ2n) is 17.1. The fraction of sp³-hybridized carbons (Fsp3) is 0.919. The van der Waals surface area contributed by atoms with Crippen LogP contribution in [0.5, 0.6) is 0 Å². The summed E-state index contributed by atoms with van der Waals surface area (Å²) in [6, 6.07) is 0.440. The Hall–Kier alpha value is -1.63. The van der Waals surface area contributed by atoms with Gasteiger partial charge in [-0.1, -0.05) is 81.6 Å². The van der Waals surface area contributed by atoms with Crippen molar-refractivity contribution in [3.05, 3.63) is 0 Å². The van der Waals surface area contributed by atoms with E-state index in [1.807, 2.05) is 7.05 Å². The lowest BCUT2D eigenvalue weighted by Gasteiger charge is -2.41. The van der Waals surface area contributed by atoms with Crippen LogP contribution in [0, 0.1) is 53.3 Å². The average molecular weight is 618 g/mol. The zero-order valence-electron chi connectivity index (χ0n) is 30.1. The van der Waals surface area contributed by atoms with Crippen molar-refractivity contribution in [2.45, 2.75) is 138 Å². The summed E-state index contributed by atoms with van der Waals surface area (Å²) in [6.45, 7) is 20.7. The van der Waals surface area contributed by atoms with Crippen LogP contribution >= 0.6 is 0 Å². The molecule has 3 aliphatic rings. The summed E-state index contributed by atoms with van der Waals surface area (Å²) in [5.74, 6) is 4.52. The molecule has 0 spiro atoms. The SMILES string of the molecule is CC(C)[C@@H]1CC[C@@H](C)C[C@H]1NC(=O)C[N+](C)(CC(=O)N[C@@H]1C[C@H](C)CC[C@H]1C(C)C)CC(=O)N[C@@H]1C[C@H](C)CC[C@H]1C(C)C. The number of nitrogens with zero attached hydrogens (tertiary/aromatic N) is 1. The van der Waals surface area contributed by atoms with Crippen LogP contribution in [0.4, 0.5) is 0 Å². The maximum Gasteiger partial charge on any atom is 0.275 e. The van der Waals surface area contributed by atoms with Crippen molar-refractivity contribution in [2.75, 3.05) is 26.7 Å². The van der Waals surface area contributed by atoms with Crippen molar-refractivity contribution in [3.63, 3.8) is 0 Å². The minimum Gasteiger partial charge on any atom is -0.348 e. The van der Waals surface area contributed by atoms with Gasteiger partial charge in [-0.05, 0) is 91.8 Å². The molecule has 0 radical (unpaired) electrons. The van der Waals surface area contributed by atoms with Gasteiger partial charge in [0.2, 0.25) is 0 Å². The first-order valence-electron chi connectivity index (χ1n) is 18.3. The van der Waals surface area contributed by atoms with E-state index in [9.17, 15) is 14.4 Å². The predicted octanol–water partition coefficient (Wildman–Crippen LogP) is 6.16. The largest absolute Gasteiger partial charge is 0.348 e. The fourth-order valence-electron chi connectivity index (χ4n) is 9.07. The Bertz CT molecular complexity index is 832. The molecule has 0 aromatic rings. The summed E-state index contributed by atoms with van der Waals surface area (Å²) in [7, 11) is 1.93. The lowest BCUT2D eigenvalue weighted by Crippen LogP contribution is -2.61. The summed E-state index contributed by atoms with van der Waals surface area (Å²) in [4.78, 5) is 41.2. The van der Waals surface area contributed by atoms with E-state index in [-0.39, 0.29) is 60.0 Å². The van der Waals surface area contributed by atoms with Gasteiger partial charge in [-0.2, -0.15) is 0 Å². The van der Waals surface area contributed by atoms with Crippen LogP contribution in [0.2, 0.25) is 0 Å². The molecule has 0 aromatic heterocycles. The highest BCUT2D eigenvalue weighted by molar-refractivity contribution is 5.82. The summed E-state index contributed by atoms with van der Waals surface area (Å²) in [6.07, 6.45) is 9.99. The third kappa shape index (κ3) is 10.7. The Morgan fingerprint density at radius 3 is 1.00 bits per heavy atom. The van der Waals surface area contributed by atoms with E-state index in [1.54, 1.807) is 0 Å². The van der Waals surface area contributed by atoms with Crippen molar-refractivity contribution >= 4 is 17.7 Å². The molecule has 254 valence electrons. The molecule has 0 bridgehead atoms. The maximum atomic E-state index is 13.7. The van der Waals surface area contributed by atoms with E-state index >= 15 is 0 Å². The second-order valence-corrected chi connectivity index (χ2v) is 17.1. The summed E-state index contributed by atoms with van der Waals surface area (Å²) >= 11 is 0. The van der Waals surface area contributed by atoms with Gasteiger partial charge in [-0.15, -0.1) is 0 Å². The Kier molecular flexibility index (Phi) is 13.6. The highest BCUT2D eigenvalue weighted by atomic mass is 16.2. The first-order chi connectivity index (χ1) is 20.6.